The lowest BCUT2D eigenvalue weighted by molar-refractivity contribution is -0.143. The number of hydrogen-bond donors (Lipinski definition) is 0. The van der Waals surface area contributed by atoms with Gasteiger partial charge in [-0.1, -0.05) is 47.5 Å². The molecular weight excluding hydrogens is 445 g/mol. The molecule has 0 N–H and O–H groups in total. The van der Waals surface area contributed by atoms with Gasteiger partial charge >= 0.3 is 0 Å². The number of sulfonamides is 1. The van der Waals surface area contributed by atoms with Gasteiger partial charge in [-0.3, -0.25) is 0 Å². The largest absolute Gasteiger partial charge is 0.466 e. The van der Waals surface area contributed by atoms with Crippen molar-refractivity contribution in [2.24, 2.45) is 5.10 Å². The molecular formula is C21H21Cl2N3O3S. The Morgan fingerprint density at radius 3 is 2.57 bits per heavy atom. The van der Waals surface area contributed by atoms with Gasteiger partial charge in [-0.2, -0.15) is 5.10 Å². The van der Waals surface area contributed by atoms with Crippen molar-refractivity contribution in [1.29, 1.82) is 0 Å². The minimum absolute atomic E-state index is 0.0153. The Labute approximate surface area is 186 Å². The summed E-state index contributed by atoms with van der Waals surface area (Å²) in [6.07, 6.45) is 3.02. The van der Waals surface area contributed by atoms with Crippen molar-refractivity contribution in [1.82, 2.24) is 9.31 Å². The standard InChI is InChI=1S/C21H21Cl2N3O3S/c1-30(27,28)25-10-8-21(9-11-25)26-19(16-4-2-3-5-20(16)29-21)13-18(24-26)15-7-6-14(22)12-17(15)23/h2-7,12,19H,8-11,13H2,1H3. The number of para-hydroxylation sites is 1. The molecule has 0 radical (unpaired) electrons. The van der Waals surface area contributed by atoms with Gasteiger partial charge in [0.15, 0.2) is 0 Å². The molecule has 2 aromatic carbocycles. The second-order valence-electron chi connectivity index (χ2n) is 7.98. The number of rotatable bonds is 2. The molecule has 1 fully saturated rings. The zero-order valence-corrected chi connectivity index (χ0v) is 18.7. The SMILES string of the molecule is CS(=O)(=O)N1CCC2(CC1)Oc1ccccc1C1CC(c3ccc(Cl)cc3Cl)=NN12. The molecule has 0 bridgehead atoms. The molecule has 30 heavy (non-hydrogen) atoms. The summed E-state index contributed by atoms with van der Waals surface area (Å²) in [5.74, 6) is 0.838. The van der Waals surface area contributed by atoms with Gasteiger partial charge in [-0.25, -0.2) is 17.7 Å². The lowest BCUT2D eigenvalue weighted by Gasteiger charge is -2.50. The Morgan fingerprint density at radius 1 is 1.13 bits per heavy atom. The van der Waals surface area contributed by atoms with Crippen LogP contribution in [0.15, 0.2) is 47.6 Å². The molecule has 0 amide bonds. The molecule has 1 saturated heterocycles. The van der Waals surface area contributed by atoms with Crippen LogP contribution in [0, 0.1) is 0 Å². The van der Waals surface area contributed by atoms with Crippen molar-refractivity contribution in [2.45, 2.75) is 31.0 Å². The zero-order valence-electron chi connectivity index (χ0n) is 16.4. The van der Waals surface area contributed by atoms with E-state index in [0.717, 1.165) is 22.6 Å². The van der Waals surface area contributed by atoms with E-state index < -0.39 is 15.7 Å². The number of halogens is 2. The van der Waals surface area contributed by atoms with Gasteiger partial charge in [0.25, 0.3) is 0 Å². The third-order valence-electron chi connectivity index (χ3n) is 6.12. The van der Waals surface area contributed by atoms with Gasteiger partial charge in [-0.15, -0.1) is 0 Å². The first-order valence-corrected chi connectivity index (χ1v) is 12.4. The Morgan fingerprint density at radius 2 is 1.87 bits per heavy atom. The summed E-state index contributed by atoms with van der Waals surface area (Å²) in [5, 5.41) is 8.15. The summed E-state index contributed by atoms with van der Waals surface area (Å²) in [6, 6.07) is 13.4. The quantitative estimate of drug-likeness (QED) is 0.663. The fourth-order valence-electron chi connectivity index (χ4n) is 4.61. The van der Waals surface area contributed by atoms with Crippen LogP contribution in [0.3, 0.4) is 0 Å². The van der Waals surface area contributed by atoms with E-state index in [9.17, 15) is 8.42 Å². The molecule has 1 atom stereocenters. The van der Waals surface area contributed by atoms with Crippen molar-refractivity contribution >= 4 is 38.9 Å². The first kappa shape index (κ1) is 20.1. The van der Waals surface area contributed by atoms with E-state index in [1.165, 1.54) is 10.6 Å². The fourth-order valence-corrected chi connectivity index (χ4v) is 5.98. The highest BCUT2D eigenvalue weighted by atomic mass is 35.5. The van der Waals surface area contributed by atoms with Gasteiger partial charge in [0.2, 0.25) is 15.7 Å². The number of ether oxygens (including phenoxy) is 1. The Hall–Kier alpha value is -1.80. The van der Waals surface area contributed by atoms with Crippen LogP contribution in [0.2, 0.25) is 10.0 Å². The smallest absolute Gasteiger partial charge is 0.211 e. The lowest BCUT2D eigenvalue weighted by Crippen LogP contribution is -2.59. The fraction of sp³-hybridized carbons (Fsp3) is 0.381. The summed E-state index contributed by atoms with van der Waals surface area (Å²) < 4.78 is 32.0. The average Bonchev–Trinajstić information content (AvgIpc) is 3.14. The van der Waals surface area contributed by atoms with E-state index in [0.29, 0.717) is 42.4 Å². The van der Waals surface area contributed by atoms with Crippen molar-refractivity contribution in [3.8, 4) is 5.75 Å². The van der Waals surface area contributed by atoms with Crippen LogP contribution in [0.5, 0.6) is 5.75 Å². The van der Waals surface area contributed by atoms with Crippen molar-refractivity contribution in [3.63, 3.8) is 0 Å². The number of hydrogen-bond acceptors (Lipinski definition) is 5. The van der Waals surface area contributed by atoms with Crippen LogP contribution >= 0.6 is 23.2 Å². The number of nitrogens with zero attached hydrogens (tertiary/aromatic N) is 3. The average molecular weight is 466 g/mol. The minimum Gasteiger partial charge on any atom is -0.466 e. The van der Waals surface area contributed by atoms with Gasteiger partial charge in [0, 0.05) is 48.5 Å². The predicted octanol–water partition coefficient (Wildman–Crippen LogP) is 4.29. The molecule has 0 aliphatic carbocycles. The molecule has 2 aromatic rings. The summed E-state index contributed by atoms with van der Waals surface area (Å²) in [5.41, 5.74) is 2.14. The Kier molecular flexibility index (Phi) is 4.78. The zero-order chi connectivity index (χ0) is 21.1. The maximum Gasteiger partial charge on any atom is 0.211 e. The predicted molar refractivity (Wildman–Crippen MR) is 118 cm³/mol. The van der Waals surface area contributed by atoms with E-state index in [-0.39, 0.29) is 6.04 Å². The third kappa shape index (κ3) is 3.28. The second-order valence-corrected chi connectivity index (χ2v) is 10.8. The van der Waals surface area contributed by atoms with Crippen LogP contribution in [-0.2, 0) is 10.0 Å². The van der Waals surface area contributed by atoms with E-state index in [4.69, 9.17) is 33.0 Å². The van der Waals surface area contributed by atoms with Crippen LogP contribution < -0.4 is 4.74 Å². The third-order valence-corrected chi connectivity index (χ3v) is 7.97. The monoisotopic (exact) mass is 465 g/mol. The van der Waals surface area contributed by atoms with Gasteiger partial charge in [0.05, 0.1) is 23.0 Å². The highest BCUT2D eigenvalue weighted by Crippen LogP contribution is 2.50. The number of fused-ring (bicyclic) bond motifs is 4. The molecule has 9 heteroatoms. The summed E-state index contributed by atoms with van der Waals surface area (Å²) in [7, 11) is -3.23. The second kappa shape index (κ2) is 7.12. The van der Waals surface area contributed by atoms with Crippen LogP contribution in [0.25, 0.3) is 0 Å². The molecule has 5 rings (SSSR count). The first-order valence-electron chi connectivity index (χ1n) is 9.82. The maximum atomic E-state index is 12.0. The highest BCUT2D eigenvalue weighted by molar-refractivity contribution is 7.88. The molecule has 1 unspecified atom stereocenters. The van der Waals surface area contributed by atoms with E-state index in [1.807, 2.05) is 35.3 Å². The normalized spacial score (nSPS) is 23.0. The van der Waals surface area contributed by atoms with E-state index in [2.05, 4.69) is 6.07 Å². The van der Waals surface area contributed by atoms with Crippen molar-refractivity contribution in [2.75, 3.05) is 19.3 Å². The van der Waals surface area contributed by atoms with Gasteiger partial charge < -0.3 is 4.74 Å². The molecule has 3 aliphatic rings. The Balaban J connectivity index is 1.55. The summed E-state index contributed by atoms with van der Waals surface area (Å²) in [4.78, 5) is 0. The maximum absolute atomic E-state index is 12.0. The minimum atomic E-state index is -3.23. The number of piperidine rings is 1. The molecule has 0 aromatic heterocycles. The molecule has 6 nitrogen and oxygen atoms in total. The molecule has 158 valence electrons. The highest BCUT2D eigenvalue weighted by Gasteiger charge is 2.52. The first-order chi connectivity index (χ1) is 14.3. The summed E-state index contributed by atoms with van der Waals surface area (Å²) in [6.45, 7) is 0.799. The van der Waals surface area contributed by atoms with Crippen LogP contribution in [0.4, 0.5) is 0 Å². The van der Waals surface area contributed by atoms with Crippen LogP contribution in [-0.4, -0.2) is 48.5 Å². The lowest BCUT2D eigenvalue weighted by atomic mass is 9.91. The molecule has 0 saturated carbocycles. The number of hydrazone groups is 1. The molecule has 3 heterocycles. The van der Waals surface area contributed by atoms with E-state index in [1.54, 1.807) is 6.07 Å². The summed E-state index contributed by atoms with van der Waals surface area (Å²) >= 11 is 12.5. The molecule has 1 spiro atoms. The Bertz CT molecular complexity index is 1140. The van der Waals surface area contributed by atoms with Crippen molar-refractivity contribution in [3.05, 3.63) is 63.6 Å². The topological polar surface area (TPSA) is 62.2 Å². The van der Waals surface area contributed by atoms with Gasteiger partial charge in [-0.05, 0) is 18.2 Å². The molecule has 3 aliphatic heterocycles. The van der Waals surface area contributed by atoms with Gasteiger partial charge in [0.1, 0.15) is 5.75 Å². The van der Waals surface area contributed by atoms with Crippen molar-refractivity contribution < 1.29 is 13.2 Å². The van der Waals surface area contributed by atoms with E-state index >= 15 is 0 Å². The van der Waals surface area contributed by atoms with Crippen LogP contribution in [0.1, 0.15) is 36.4 Å². The number of benzene rings is 2.